The van der Waals surface area contributed by atoms with Crippen LogP contribution in [0.3, 0.4) is 0 Å². The Labute approximate surface area is 133 Å². The minimum Gasteiger partial charge on any atom is -0.494 e. The molecule has 0 atom stereocenters. The molecule has 118 valence electrons. The number of fused-ring (bicyclic) bond motifs is 1. The average molecular weight is 310 g/mol. The maximum atomic E-state index is 12.5. The first kappa shape index (κ1) is 15.1. The van der Waals surface area contributed by atoms with Crippen molar-refractivity contribution in [3.8, 4) is 5.75 Å². The van der Waals surface area contributed by atoms with Crippen molar-refractivity contribution >= 4 is 22.5 Å². The Bertz CT molecular complexity index is 839. The fraction of sp³-hybridized carbons (Fsp3) is 0.167. The molecule has 0 saturated heterocycles. The Morgan fingerprint density at radius 2 is 2.13 bits per heavy atom. The number of rotatable bonds is 5. The van der Waals surface area contributed by atoms with Crippen molar-refractivity contribution in [3.63, 3.8) is 0 Å². The number of nitrogens with one attached hydrogen (secondary N) is 2. The van der Waals surface area contributed by atoms with Gasteiger partial charge in [0.25, 0.3) is 5.91 Å². The van der Waals surface area contributed by atoms with E-state index in [1.165, 1.54) is 0 Å². The Balaban J connectivity index is 1.87. The van der Waals surface area contributed by atoms with Crippen LogP contribution in [0.15, 0.2) is 48.7 Å². The van der Waals surface area contributed by atoms with Crippen LogP contribution in [0.5, 0.6) is 5.75 Å². The monoisotopic (exact) mass is 310 g/mol. The number of hydrogen-bond acceptors (Lipinski definition) is 3. The first-order valence-electron chi connectivity index (χ1n) is 7.47. The second-order valence-electron chi connectivity index (χ2n) is 5.12. The van der Waals surface area contributed by atoms with Crippen molar-refractivity contribution in [2.24, 2.45) is 0 Å². The number of H-pyrrole nitrogens is 1. The average Bonchev–Trinajstić information content (AvgIpc) is 3.04. The highest BCUT2D eigenvalue weighted by Gasteiger charge is 2.12. The molecule has 3 aromatic rings. The normalized spacial score (nSPS) is 10.7. The van der Waals surface area contributed by atoms with E-state index < -0.39 is 0 Å². The Hall–Kier alpha value is -2.79. The molecule has 0 unspecified atom stereocenters. The van der Waals surface area contributed by atoms with Crippen molar-refractivity contribution in [2.45, 2.75) is 13.5 Å². The lowest BCUT2D eigenvalue weighted by atomic mass is 10.1. The maximum Gasteiger partial charge on any atom is 0.257 e. The number of ether oxygens (including phenoxy) is 1. The summed E-state index contributed by atoms with van der Waals surface area (Å²) in [7, 11) is 0. The van der Waals surface area contributed by atoms with Gasteiger partial charge in [0.2, 0.25) is 0 Å². The van der Waals surface area contributed by atoms with Crippen LogP contribution in [0.4, 0.5) is 5.69 Å². The summed E-state index contributed by atoms with van der Waals surface area (Å²) in [5.41, 5.74) is 2.64. The van der Waals surface area contributed by atoms with E-state index in [0.29, 0.717) is 29.2 Å². The molecule has 1 heterocycles. The molecular formula is C18H18N2O3. The van der Waals surface area contributed by atoms with Gasteiger partial charge >= 0.3 is 0 Å². The molecule has 0 spiro atoms. The number of amides is 1. The van der Waals surface area contributed by atoms with Gasteiger partial charge in [-0.1, -0.05) is 12.1 Å². The Morgan fingerprint density at radius 3 is 2.91 bits per heavy atom. The van der Waals surface area contributed by atoms with Crippen molar-refractivity contribution in [2.75, 3.05) is 11.9 Å². The molecule has 0 bridgehead atoms. The van der Waals surface area contributed by atoms with E-state index in [4.69, 9.17) is 4.74 Å². The summed E-state index contributed by atoms with van der Waals surface area (Å²) in [5.74, 6) is 0.422. The number of para-hydroxylation sites is 1. The van der Waals surface area contributed by atoms with Crippen LogP contribution in [-0.4, -0.2) is 22.6 Å². The second-order valence-corrected chi connectivity index (χ2v) is 5.12. The lowest BCUT2D eigenvalue weighted by Gasteiger charge is -2.11. The molecule has 1 amide bonds. The topological polar surface area (TPSA) is 74.3 Å². The van der Waals surface area contributed by atoms with Gasteiger partial charge in [-0.3, -0.25) is 4.79 Å². The minimum atomic E-state index is -0.203. The van der Waals surface area contributed by atoms with E-state index in [-0.39, 0.29) is 12.5 Å². The quantitative estimate of drug-likeness (QED) is 0.677. The van der Waals surface area contributed by atoms with Crippen molar-refractivity contribution < 1.29 is 14.6 Å². The van der Waals surface area contributed by atoms with E-state index >= 15 is 0 Å². The van der Waals surface area contributed by atoms with Gasteiger partial charge in [-0.2, -0.15) is 0 Å². The number of aliphatic hydroxyl groups excluding tert-OH is 1. The van der Waals surface area contributed by atoms with Gasteiger partial charge in [0.05, 0.1) is 24.3 Å². The molecule has 0 aliphatic heterocycles. The number of aromatic nitrogens is 1. The van der Waals surface area contributed by atoms with E-state index in [1.807, 2.05) is 31.3 Å². The molecule has 3 N–H and O–H groups in total. The van der Waals surface area contributed by atoms with Gasteiger partial charge in [-0.25, -0.2) is 0 Å². The van der Waals surface area contributed by atoms with Crippen LogP contribution in [-0.2, 0) is 6.61 Å². The predicted octanol–water partition coefficient (Wildman–Crippen LogP) is 3.31. The minimum absolute atomic E-state index is 0.148. The van der Waals surface area contributed by atoms with Crippen molar-refractivity contribution in [1.29, 1.82) is 0 Å². The standard InChI is InChI=1S/C18H18N2O3/c1-2-23-16-7-6-14(10-13(16)11-21)20-18(22)15-5-3-4-12-8-9-19-17(12)15/h3-10,19,21H,2,11H2,1H3,(H,20,22). The fourth-order valence-electron chi connectivity index (χ4n) is 2.55. The molecule has 0 aliphatic rings. The summed E-state index contributed by atoms with van der Waals surface area (Å²) in [6.45, 7) is 2.26. The molecule has 5 nitrogen and oxygen atoms in total. The summed E-state index contributed by atoms with van der Waals surface area (Å²) in [5, 5.41) is 13.3. The highest BCUT2D eigenvalue weighted by atomic mass is 16.5. The summed E-state index contributed by atoms with van der Waals surface area (Å²) < 4.78 is 5.44. The van der Waals surface area contributed by atoms with Crippen LogP contribution in [0.25, 0.3) is 10.9 Å². The van der Waals surface area contributed by atoms with Gasteiger partial charge in [-0.15, -0.1) is 0 Å². The number of aromatic amines is 1. The van der Waals surface area contributed by atoms with Gasteiger partial charge in [0.1, 0.15) is 5.75 Å². The first-order valence-corrected chi connectivity index (χ1v) is 7.47. The molecule has 3 rings (SSSR count). The van der Waals surface area contributed by atoms with E-state index in [2.05, 4.69) is 10.3 Å². The van der Waals surface area contributed by atoms with Gasteiger partial charge in [0.15, 0.2) is 0 Å². The van der Waals surface area contributed by atoms with E-state index in [9.17, 15) is 9.90 Å². The van der Waals surface area contributed by atoms with E-state index in [0.717, 1.165) is 10.9 Å². The number of anilines is 1. The van der Waals surface area contributed by atoms with Gasteiger partial charge < -0.3 is 20.1 Å². The zero-order valence-corrected chi connectivity index (χ0v) is 12.8. The van der Waals surface area contributed by atoms with Crippen molar-refractivity contribution in [1.82, 2.24) is 4.98 Å². The molecule has 0 saturated carbocycles. The Kier molecular flexibility index (Phi) is 4.30. The first-order chi connectivity index (χ1) is 11.2. The third-order valence-corrected chi connectivity index (χ3v) is 3.62. The van der Waals surface area contributed by atoms with Crippen LogP contribution in [0.1, 0.15) is 22.8 Å². The number of carbonyl (C=O) groups is 1. The largest absolute Gasteiger partial charge is 0.494 e. The molecule has 0 fully saturated rings. The molecule has 1 aromatic heterocycles. The number of benzene rings is 2. The lowest BCUT2D eigenvalue weighted by molar-refractivity contribution is 0.102. The third-order valence-electron chi connectivity index (χ3n) is 3.62. The summed E-state index contributed by atoms with van der Waals surface area (Å²) in [4.78, 5) is 15.6. The molecule has 5 heteroatoms. The lowest BCUT2D eigenvalue weighted by Crippen LogP contribution is -2.12. The maximum absolute atomic E-state index is 12.5. The summed E-state index contributed by atoms with van der Waals surface area (Å²) in [6.07, 6.45) is 1.81. The Morgan fingerprint density at radius 1 is 1.26 bits per heavy atom. The summed E-state index contributed by atoms with van der Waals surface area (Å²) in [6, 6.07) is 12.7. The van der Waals surface area contributed by atoms with Gasteiger partial charge in [0, 0.05) is 22.8 Å². The predicted molar refractivity (Wildman–Crippen MR) is 89.8 cm³/mol. The smallest absolute Gasteiger partial charge is 0.257 e. The van der Waals surface area contributed by atoms with Gasteiger partial charge in [-0.05, 0) is 37.3 Å². The highest BCUT2D eigenvalue weighted by Crippen LogP contribution is 2.24. The number of hydrogen-bond donors (Lipinski definition) is 3. The van der Waals surface area contributed by atoms with Crippen LogP contribution in [0, 0.1) is 0 Å². The molecule has 0 radical (unpaired) electrons. The van der Waals surface area contributed by atoms with E-state index in [1.54, 1.807) is 24.3 Å². The zero-order valence-electron chi connectivity index (χ0n) is 12.8. The molecule has 2 aromatic carbocycles. The fourth-order valence-corrected chi connectivity index (χ4v) is 2.55. The number of aliphatic hydroxyl groups is 1. The summed E-state index contributed by atoms with van der Waals surface area (Å²) >= 11 is 0. The second kappa shape index (κ2) is 6.54. The molecule has 23 heavy (non-hydrogen) atoms. The molecule has 0 aliphatic carbocycles. The third kappa shape index (κ3) is 3.05. The van der Waals surface area contributed by atoms with Crippen LogP contribution in [0.2, 0.25) is 0 Å². The SMILES string of the molecule is CCOc1ccc(NC(=O)c2cccc3cc[nH]c23)cc1CO. The highest BCUT2D eigenvalue weighted by molar-refractivity contribution is 6.12. The van der Waals surface area contributed by atoms with Crippen LogP contribution < -0.4 is 10.1 Å². The molecular weight excluding hydrogens is 292 g/mol. The van der Waals surface area contributed by atoms with Crippen LogP contribution >= 0.6 is 0 Å². The number of carbonyl (C=O) groups excluding carboxylic acids is 1. The van der Waals surface area contributed by atoms with Crippen molar-refractivity contribution in [3.05, 3.63) is 59.8 Å². The zero-order chi connectivity index (χ0) is 16.2.